The maximum Gasteiger partial charge on any atom is 0.303 e. The second-order valence-corrected chi connectivity index (χ2v) is 5.93. The van der Waals surface area contributed by atoms with Crippen LogP contribution in [0, 0.1) is 17.8 Å². The summed E-state index contributed by atoms with van der Waals surface area (Å²) in [4.78, 5) is 10.4. The molecule has 0 aromatic rings. The lowest BCUT2D eigenvalue weighted by Crippen LogP contribution is -2.36. The molecule has 2 aliphatic carbocycles. The first-order valence-electron chi connectivity index (χ1n) is 7.12. The summed E-state index contributed by atoms with van der Waals surface area (Å²) < 4.78 is 0. The van der Waals surface area contributed by atoms with Gasteiger partial charge >= 0.3 is 5.97 Å². The average Bonchev–Trinajstić information content (AvgIpc) is 2.89. The van der Waals surface area contributed by atoms with E-state index < -0.39 is 5.97 Å². The Morgan fingerprint density at radius 1 is 1.35 bits per heavy atom. The van der Waals surface area contributed by atoms with Crippen molar-refractivity contribution in [1.82, 2.24) is 5.32 Å². The molecule has 2 saturated carbocycles. The topological polar surface area (TPSA) is 49.3 Å². The zero-order valence-electron chi connectivity index (χ0n) is 10.8. The molecule has 0 radical (unpaired) electrons. The minimum atomic E-state index is -0.675. The molecule has 4 atom stereocenters. The van der Waals surface area contributed by atoms with Crippen molar-refractivity contribution < 1.29 is 9.90 Å². The Bertz CT molecular complexity index is 267. The Morgan fingerprint density at radius 3 is 2.76 bits per heavy atom. The van der Waals surface area contributed by atoms with Crippen LogP contribution in [0.25, 0.3) is 0 Å². The average molecular weight is 239 g/mol. The van der Waals surface area contributed by atoms with Crippen molar-refractivity contribution >= 4 is 5.97 Å². The maximum absolute atomic E-state index is 10.4. The predicted molar refractivity (Wildman–Crippen MR) is 67.9 cm³/mol. The summed E-state index contributed by atoms with van der Waals surface area (Å²) in [5, 5.41) is 12.1. The lowest BCUT2D eigenvalue weighted by atomic mass is 9.84. The molecule has 2 aliphatic rings. The Balaban J connectivity index is 1.58. The van der Waals surface area contributed by atoms with E-state index in [2.05, 4.69) is 12.2 Å². The van der Waals surface area contributed by atoms with Crippen molar-refractivity contribution in [1.29, 1.82) is 0 Å². The van der Waals surface area contributed by atoms with Gasteiger partial charge in [0, 0.05) is 12.5 Å². The largest absolute Gasteiger partial charge is 0.481 e. The number of carboxylic acid groups (broad SMARTS) is 1. The molecule has 0 heterocycles. The first-order valence-corrected chi connectivity index (χ1v) is 7.12. The number of aliphatic carboxylic acids is 1. The molecule has 4 unspecified atom stereocenters. The quantitative estimate of drug-likeness (QED) is 0.671. The Labute approximate surface area is 104 Å². The SMILES string of the molecule is CC(NCCCCC(=O)O)C1CC2CCC1C2. The van der Waals surface area contributed by atoms with E-state index in [1.165, 1.54) is 25.7 Å². The molecule has 2 N–H and O–H groups in total. The highest BCUT2D eigenvalue weighted by Crippen LogP contribution is 2.49. The Morgan fingerprint density at radius 2 is 2.18 bits per heavy atom. The van der Waals surface area contributed by atoms with Crippen molar-refractivity contribution in [3.8, 4) is 0 Å². The molecule has 0 amide bonds. The molecular formula is C14H25NO2. The van der Waals surface area contributed by atoms with Gasteiger partial charge in [-0.25, -0.2) is 0 Å². The van der Waals surface area contributed by atoms with E-state index in [0.29, 0.717) is 12.5 Å². The summed E-state index contributed by atoms with van der Waals surface area (Å²) in [7, 11) is 0. The zero-order valence-corrected chi connectivity index (χ0v) is 10.8. The number of fused-ring (bicyclic) bond motifs is 2. The van der Waals surface area contributed by atoms with E-state index in [9.17, 15) is 4.79 Å². The standard InChI is InChI=1S/C14H25NO2/c1-10(15-7-3-2-4-14(16)17)13-9-11-5-6-12(13)8-11/h10-13,15H,2-9H2,1H3,(H,16,17). The van der Waals surface area contributed by atoms with Crippen molar-refractivity contribution in [2.45, 2.75) is 57.9 Å². The number of hydrogen-bond acceptors (Lipinski definition) is 2. The fourth-order valence-corrected chi connectivity index (χ4v) is 3.79. The first kappa shape index (κ1) is 12.9. The molecule has 2 bridgehead atoms. The highest BCUT2D eigenvalue weighted by Gasteiger charge is 2.41. The van der Waals surface area contributed by atoms with Crippen LogP contribution in [0.15, 0.2) is 0 Å². The maximum atomic E-state index is 10.4. The van der Waals surface area contributed by atoms with Crippen LogP contribution in [-0.4, -0.2) is 23.7 Å². The van der Waals surface area contributed by atoms with Gasteiger partial charge in [-0.3, -0.25) is 4.79 Å². The lowest BCUT2D eigenvalue weighted by molar-refractivity contribution is -0.137. The molecule has 3 heteroatoms. The van der Waals surface area contributed by atoms with Crippen LogP contribution in [0.3, 0.4) is 0 Å². The number of carboxylic acids is 1. The third-order valence-electron chi connectivity index (χ3n) is 4.72. The minimum Gasteiger partial charge on any atom is -0.481 e. The molecule has 2 fully saturated rings. The van der Waals surface area contributed by atoms with E-state index >= 15 is 0 Å². The third kappa shape index (κ3) is 3.44. The Hall–Kier alpha value is -0.570. The first-order chi connectivity index (χ1) is 8.16. The van der Waals surface area contributed by atoms with Crippen LogP contribution >= 0.6 is 0 Å². The van der Waals surface area contributed by atoms with Crippen LogP contribution in [0.5, 0.6) is 0 Å². The number of carbonyl (C=O) groups is 1. The van der Waals surface area contributed by atoms with Gasteiger partial charge in [0.1, 0.15) is 0 Å². The summed E-state index contributed by atoms with van der Waals surface area (Å²) in [6.45, 7) is 3.28. The van der Waals surface area contributed by atoms with E-state index in [1.54, 1.807) is 0 Å². The summed E-state index contributed by atoms with van der Waals surface area (Å²) in [5.74, 6) is 2.20. The summed E-state index contributed by atoms with van der Waals surface area (Å²) >= 11 is 0. The normalized spacial score (nSPS) is 32.9. The molecule has 0 spiro atoms. The monoisotopic (exact) mass is 239 g/mol. The van der Waals surface area contributed by atoms with Gasteiger partial charge in [0.25, 0.3) is 0 Å². The van der Waals surface area contributed by atoms with Gasteiger partial charge in [0.05, 0.1) is 0 Å². The molecule has 0 aliphatic heterocycles. The second kappa shape index (κ2) is 5.85. The molecule has 17 heavy (non-hydrogen) atoms. The van der Waals surface area contributed by atoms with Crippen molar-refractivity contribution in [2.75, 3.05) is 6.54 Å². The van der Waals surface area contributed by atoms with Crippen LogP contribution in [0.1, 0.15) is 51.9 Å². The van der Waals surface area contributed by atoms with Gasteiger partial charge in [-0.1, -0.05) is 6.42 Å². The molecular weight excluding hydrogens is 214 g/mol. The summed E-state index contributed by atoms with van der Waals surface area (Å²) in [6, 6.07) is 0.620. The predicted octanol–water partition coefficient (Wildman–Crippen LogP) is 2.66. The highest BCUT2D eigenvalue weighted by molar-refractivity contribution is 5.66. The summed E-state index contributed by atoms with van der Waals surface area (Å²) in [5.41, 5.74) is 0. The second-order valence-electron chi connectivity index (χ2n) is 5.93. The number of hydrogen-bond donors (Lipinski definition) is 2. The van der Waals surface area contributed by atoms with Crippen LogP contribution in [-0.2, 0) is 4.79 Å². The Kier molecular flexibility index (Phi) is 4.43. The fourth-order valence-electron chi connectivity index (χ4n) is 3.79. The summed E-state index contributed by atoms with van der Waals surface area (Å²) in [6.07, 6.45) is 7.89. The fraction of sp³-hybridized carbons (Fsp3) is 0.929. The molecule has 0 aromatic heterocycles. The number of nitrogens with one attached hydrogen (secondary N) is 1. The van der Waals surface area contributed by atoms with E-state index in [1.807, 2.05) is 0 Å². The molecule has 98 valence electrons. The zero-order chi connectivity index (χ0) is 12.3. The van der Waals surface area contributed by atoms with Gasteiger partial charge in [0.2, 0.25) is 0 Å². The van der Waals surface area contributed by atoms with Crippen LogP contribution in [0.4, 0.5) is 0 Å². The van der Waals surface area contributed by atoms with Gasteiger partial charge in [-0.15, -0.1) is 0 Å². The molecule has 3 nitrogen and oxygen atoms in total. The third-order valence-corrected chi connectivity index (χ3v) is 4.72. The van der Waals surface area contributed by atoms with E-state index in [4.69, 9.17) is 5.11 Å². The van der Waals surface area contributed by atoms with Crippen molar-refractivity contribution in [2.24, 2.45) is 17.8 Å². The van der Waals surface area contributed by atoms with Crippen molar-refractivity contribution in [3.05, 3.63) is 0 Å². The minimum absolute atomic E-state index is 0.310. The highest BCUT2D eigenvalue weighted by atomic mass is 16.4. The van der Waals surface area contributed by atoms with Crippen molar-refractivity contribution in [3.63, 3.8) is 0 Å². The molecule has 0 aromatic carbocycles. The van der Waals surface area contributed by atoms with Crippen LogP contribution < -0.4 is 5.32 Å². The lowest BCUT2D eigenvalue weighted by Gasteiger charge is -2.28. The smallest absolute Gasteiger partial charge is 0.303 e. The van der Waals surface area contributed by atoms with Gasteiger partial charge in [-0.2, -0.15) is 0 Å². The number of rotatable bonds is 7. The van der Waals surface area contributed by atoms with Gasteiger partial charge < -0.3 is 10.4 Å². The van der Waals surface area contributed by atoms with E-state index in [-0.39, 0.29) is 0 Å². The molecule has 0 saturated heterocycles. The van der Waals surface area contributed by atoms with Gasteiger partial charge in [-0.05, 0) is 63.3 Å². The molecule has 2 rings (SSSR count). The van der Waals surface area contributed by atoms with E-state index in [0.717, 1.165) is 37.1 Å². The number of unbranched alkanes of at least 4 members (excludes halogenated alkanes) is 1. The van der Waals surface area contributed by atoms with Crippen LogP contribution in [0.2, 0.25) is 0 Å². The van der Waals surface area contributed by atoms with Gasteiger partial charge in [0.15, 0.2) is 0 Å².